The van der Waals surface area contributed by atoms with Crippen LogP contribution >= 0.6 is 11.6 Å². The van der Waals surface area contributed by atoms with Gasteiger partial charge in [0.1, 0.15) is 5.75 Å². The number of alkyl halides is 2. The Bertz CT molecular complexity index is 617. The van der Waals surface area contributed by atoms with Crippen molar-refractivity contribution in [2.45, 2.75) is 13.0 Å². The first-order chi connectivity index (χ1) is 10.0. The lowest BCUT2D eigenvalue weighted by atomic mass is 10.1. The van der Waals surface area contributed by atoms with Gasteiger partial charge < -0.3 is 10.1 Å². The highest BCUT2D eigenvalue weighted by atomic mass is 35.5. The zero-order valence-corrected chi connectivity index (χ0v) is 11.6. The van der Waals surface area contributed by atoms with E-state index in [9.17, 15) is 13.6 Å². The lowest BCUT2D eigenvalue weighted by molar-refractivity contribution is -0.115. The van der Waals surface area contributed by atoms with Crippen LogP contribution in [0.15, 0.2) is 48.5 Å². The van der Waals surface area contributed by atoms with Crippen molar-refractivity contribution in [1.82, 2.24) is 0 Å². The normalized spacial score (nSPS) is 10.5. The molecule has 6 heteroatoms. The largest absolute Gasteiger partial charge is 0.433 e. The van der Waals surface area contributed by atoms with Gasteiger partial charge in [-0.1, -0.05) is 35.9 Å². The molecule has 0 saturated carbocycles. The summed E-state index contributed by atoms with van der Waals surface area (Å²) in [7, 11) is 0. The third-order valence-corrected chi connectivity index (χ3v) is 2.91. The van der Waals surface area contributed by atoms with Crippen molar-refractivity contribution in [1.29, 1.82) is 0 Å². The highest BCUT2D eigenvalue weighted by Gasteiger charge is 2.11. The molecule has 0 atom stereocenters. The zero-order chi connectivity index (χ0) is 15.2. The quantitative estimate of drug-likeness (QED) is 0.902. The van der Waals surface area contributed by atoms with E-state index in [-0.39, 0.29) is 23.8 Å². The molecule has 0 aliphatic heterocycles. The maximum atomic E-state index is 12.3. The molecule has 0 bridgehead atoms. The van der Waals surface area contributed by atoms with E-state index in [1.54, 1.807) is 36.4 Å². The maximum Gasteiger partial charge on any atom is 0.387 e. The Morgan fingerprint density at radius 3 is 2.48 bits per heavy atom. The standard InChI is InChI=1S/C15H12ClF2NO2/c16-11-7-5-10(6-8-11)9-14(20)19-12-3-1-2-4-13(12)21-15(17)18/h1-8,15H,9H2,(H,19,20). The van der Waals surface area contributed by atoms with E-state index in [2.05, 4.69) is 10.1 Å². The molecule has 1 amide bonds. The van der Waals surface area contributed by atoms with Crippen LogP contribution in [0.5, 0.6) is 5.75 Å². The highest BCUT2D eigenvalue weighted by Crippen LogP contribution is 2.25. The first-order valence-corrected chi connectivity index (χ1v) is 6.50. The van der Waals surface area contributed by atoms with E-state index in [1.165, 1.54) is 12.1 Å². The number of carbonyl (C=O) groups excluding carboxylic acids is 1. The summed E-state index contributed by atoms with van der Waals surface area (Å²) in [6.45, 7) is -2.95. The van der Waals surface area contributed by atoms with Crippen molar-refractivity contribution >= 4 is 23.2 Å². The number of amides is 1. The van der Waals surface area contributed by atoms with Gasteiger partial charge >= 0.3 is 6.61 Å². The average Bonchev–Trinajstić information content (AvgIpc) is 2.43. The van der Waals surface area contributed by atoms with Crippen molar-refractivity contribution in [2.75, 3.05) is 5.32 Å². The number of anilines is 1. The predicted molar refractivity (Wildman–Crippen MR) is 76.9 cm³/mol. The Morgan fingerprint density at radius 2 is 1.81 bits per heavy atom. The Labute approximate surface area is 125 Å². The average molecular weight is 312 g/mol. The Kier molecular flexibility index (Phi) is 5.11. The Morgan fingerprint density at radius 1 is 1.14 bits per heavy atom. The number of hydrogen-bond acceptors (Lipinski definition) is 2. The molecule has 3 nitrogen and oxygen atoms in total. The Balaban J connectivity index is 2.04. The first kappa shape index (κ1) is 15.3. The molecule has 21 heavy (non-hydrogen) atoms. The summed E-state index contributed by atoms with van der Waals surface area (Å²) in [4.78, 5) is 11.9. The van der Waals surface area contributed by atoms with Crippen LogP contribution in [-0.4, -0.2) is 12.5 Å². The second-order valence-electron chi connectivity index (χ2n) is 4.23. The molecule has 0 spiro atoms. The van der Waals surface area contributed by atoms with Gasteiger partial charge in [0.05, 0.1) is 12.1 Å². The molecule has 2 aromatic rings. The van der Waals surface area contributed by atoms with Crippen LogP contribution in [0.3, 0.4) is 0 Å². The molecule has 0 radical (unpaired) electrons. The summed E-state index contributed by atoms with van der Waals surface area (Å²) < 4.78 is 28.9. The van der Waals surface area contributed by atoms with E-state index in [4.69, 9.17) is 11.6 Å². The van der Waals surface area contributed by atoms with Crippen molar-refractivity contribution in [3.05, 3.63) is 59.1 Å². The highest BCUT2D eigenvalue weighted by molar-refractivity contribution is 6.30. The number of para-hydroxylation sites is 2. The van der Waals surface area contributed by atoms with Crippen LogP contribution in [0.25, 0.3) is 0 Å². The number of hydrogen-bond donors (Lipinski definition) is 1. The molecule has 110 valence electrons. The molecule has 0 unspecified atom stereocenters. The molecule has 0 heterocycles. The minimum Gasteiger partial charge on any atom is -0.433 e. The van der Waals surface area contributed by atoms with Crippen molar-refractivity contribution in [2.24, 2.45) is 0 Å². The molecule has 2 aromatic carbocycles. The van der Waals surface area contributed by atoms with Gasteiger partial charge in [-0.15, -0.1) is 0 Å². The van der Waals surface area contributed by atoms with Gasteiger partial charge in [0.15, 0.2) is 0 Å². The van der Waals surface area contributed by atoms with Gasteiger partial charge in [-0.05, 0) is 29.8 Å². The lowest BCUT2D eigenvalue weighted by Gasteiger charge is -2.11. The van der Waals surface area contributed by atoms with Gasteiger partial charge in [-0.25, -0.2) is 0 Å². The topological polar surface area (TPSA) is 38.3 Å². The minimum atomic E-state index is -2.95. The van der Waals surface area contributed by atoms with Crippen LogP contribution < -0.4 is 10.1 Å². The van der Waals surface area contributed by atoms with Crippen LogP contribution in [0.2, 0.25) is 5.02 Å². The summed E-state index contributed by atoms with van der Waals surface area (Å²) in [6, 6.07) is 12.8. The molecule has 0 aliphatic rings. The molecule has 0 aliphatic carbocycles. The molecule has 0 fully saturated rings. The number of benzene rings is 2. The fourth-order valence-corrected chi connectivity index (χ4v) is 1.88. The SMILES string of the molecule is O=C(Cc1ccc(Cl)cc1)Nc1ccccc1OC(F)F. The summed E-state index contributed by atoms with van der Waals surface area (Å²) in [6.07, 6.45) is 0.111. The van der Waals surface area contributed by atoms with E-state index in [0.29, 0.717) is 5.02 Å². The minimum absolute atomic E-state index is 0.0723. The van der Waals surface area contributed by atoms with Crippen LogP contribution in [0.1, 0.15) is 5.56 Å². The monoisotopic (exact) mass is 311 g/mol. The summed E-state index contributed by atoms with van der Waals surface area (Å²) >= 11 is 5.76. The second-order valence-corrected chi connectivity index (χ2v) is 4.66. The number of rotatable bonds is 5. The molecular weight excluding hydrogens is 300 g/mol. The third-order valence-electron chi connectivity index (χ3n) is 2.66. The number of halogens is 3. The summed E-state index contributed by atoms with van der Waals surface area (Å²) in [5.41, 5.74) is 0.973. The summed E-state index contributed by atoms with van der Waals surface area (Å²) in [5.74, 6) is -0.403. The van der Waals surface area contributed by atoms with E-state index in [0.717, 1.165) is 5.56 Å². The second kappa shape index (κ2) is 7.04. The molecule has 0 aromatic heterocycles. The molecule has 1 N–H and O–H groups in total. The van der Waals surface area contributed by atoms with Crippen molar-refractivity contribution < 1.29 is 18.3 Å². The van der Waals surface area contributed by atoms with Gasteiger partial charge in [0, 0.05) is 5.02 Å². The molecule has 0 saturated heterocycles. The fourth-order valence-electron chi connectivity index (χ4n) is 1.75. The zero-order valence-electron chi connectivity index (χ0n) is 10.9. The van der Waals surface area contributed by atoms with Gasteiger partial charge in [0.25, 0.3) is 0 Å². The van der Waals surface area contributed by atoms with E-state index < -0.39 is 6.61 Å². The van der Waals surface area contributed by atoms with E-state index in [1.807, 2.05) is 0 Å². The van der Waals surface area contributed by atoms with E-state index >= 15 is 0 Å². The lowest BCUT2D eigenvalue weighted by Crippen LogP contribution is -2.15. The smallest absolute Gasteiger partial charge is 0.387 e. The van der Waals surface area contributed by atoms with Crippen LogP contribution in [0.4, 0.5) is 14.5 Å². The fraction of sp³-hybridized carbons (Fsp3) is 0.133. The number of carbonyl (C=O) groups is 1. The Hall–Kier alpha value is -2.14. The number of ether oxygens (including phenoxy) is 1. The predicted octanol–water partition coefficient (Wildman–Crippen LogP) is 4.12. The van der Waals surface area contributed by atoms with Crippen LogP contribution in [-0.2, 0) is 11.2 Å². The summed E-state index contributed by atoms with van der Waals surface area (Å²) in [5, 5.41) is 3.13. The van der Waals surface area contributed by atoms with Gasteiger partial charge in [0.2, 0.25) is 5.91 Å². The maximum absolute atomic E-state index is 12.3. The van der Waals surface area contributed by atoms with Gasteiger partial charge in [-0.3, -0.25) is 4.79 Å². The first-order valence-electron chi connectivity index (χ1n) is 6.13. The number of nitrogens with one attached hydrogen (secondary N) is 1. The third kappa shape index (κ3) is 4.72. The molecule has 2 rings (SSSR count). The van der Waals surface area contributed by atoms with Gasteiger partial charge in [-0.2, -0.15) is 8.78 Å². The molecular formula is C15H12ClF2NO2. The van der Waals surface area contributed by atoms with Crippen molar-refractivity contribution in [3.63, 3.8) is 0 Å². The van der Waals surface area contributed by atoms with Crippen LogP contribution in [0, 0.1) is 0 Å². The van der Waals surface area contributed by atoms with Crippen molar-refractivity contribution in [3.8, 4) is 5.75 Å².